The molecule has 129 heavy (non-hydrogen) atoms. The van der Waals surface area contributed by atoms with Gasteiger partial charge in [-0.2, -0.15) is 0 Å². The summed E-state index contributed by atoms with van der Waals surface area (Å²) in [6, 6.07) is 159. The predicted molar refractivity (Wildman–Crippen MR) is 539 cm³/mol. The van der Waals surface area contributed by atoms with Crippen molar-refractivity contribution in [1.82, 2.24) is 29.9 Å². The second kappa shape index (κ2) is 30.9. The predicted octanol–water partition coefficient (Wildman–Crippen LogP) is 32.1. The molecule has 600 valence electrons. The number of furan rings is 1. The molecule has 8 aromatic heterocycles. The number of fused-ring (bicyclic) bond motifs is 21. The monoisotopic (exact) mass is 1660 g/mol. The zero-order chi connectivity index (χ0) is 85.0. The third-order valence-corrected chi connectivity index (χ3v) is 27.2. The molecule has 8 heterocycles. The molecule has 18 aromatic carbocycles. The molecule has 0 spiro atoms. The van der Waals surface area contributed by atoms with Gasteiger partial charge in [-0.25, -0.2) is 29.9 Å². The van der Waals surface area contributed by atoms with Gasteiger partial charge in [-0.05, 0) is 128 Å². The highest BCUT2D eigenvalue weighted by atomic mass is 32.1. The molecular formula is C121H74N6OS. The minimum Gasteiger partial charge on any atom is -0.455 e. The molecule has 0 atom stereocenters. The molecule has 0 saturated carbocycles. The van der Waals surface area contributed by atoms with Crippen molar-refractivity contribution in [3.05, 3.63) is 471 Å². The van der Waals surface area contributed by atoms with Crippen LogP contribution in [0.2, 0.25) is 0 Å². The van der Waals surface area contributed by atoms with E-state index in [-0.39, 0.29) is 0 Å². The largest absolute Gasteiger partial charge is 0.455 e. The van der Waals surface area contributed by atoms with Crippen molar-refractivity contribution in [2.45, 2.75) is 5.41 Å². The fourth-order valence-electron chi connectivity index (χ4n) is 20.2. The first-order valence-corrected chi connectivity index (χ1v) is 44.6. The molecule has 27 rings (SSSR count). The van der Waals surface area contributed by atoms with Gasteiger partial charge in [0.05, 0.1) is 72.1 Å². The number of benzene rings is 18. The van der Waals surface area contributed by atoms with Crippen LogP contribution in [0.3, 0.4) is 0 Å². The molecule has 1 aliphatic carbocycles. The Hall–Kier alpha value is -16.8. The maximum Gasteiger partial charge on any atom is 0.144 e. The molecule has 8 heteroatoms. The molecule has 0 unspecified atom stereocenters. The Morgan fingerprint density at radius 2 is 0.589 bits per heavy atom. The molecule has 0 radical (unpaired) electrons. The normalized spacial score (nSPS) is 12.2. The summed E-state index contributed by atoms with van der Waals surface area (Å²) < 4.78 is 8.90. The fourth-order valence-corrected chi connectivity index (χ4v) is 21.4. The SMILES string of the molecule is c1ccc(-c2c3ccccc3nc3c2ccc2ccc(-c4cccc(-c5ccc6c(c5)C(c5ccccc5)(c5ccccc5)c5ccccc5-6)c4)nc23)cc1.c1ccc(-c2c3ccccc3nc3c2ccc2ccc(-c4cccc5c4oc4ccccc45)nc23)cc1.c1ccc(-c2c3ccccc3nc3c2ccc2ccc(-c4cccc5c4sc4ccccc45)nc23)cc1. The van der Waals surface area contributed by atoms with Crippen LogP contribution < -0.4 is 0 Å². The van der Waals surface area contributed by atoms with E-state index in [0.29, 0.717) is 0 Å². The summed E-state index contributed by atoms with van der Waals surface area (Å²) in [5, 5.41) is 14.8. The van der Waals surface area contributed by atoms with Crippen molar-refractivity contribution in [1.29, 1.82) is 0 Å². The van der Waals surface area contributed by atoms with Crippen LogP contribution in [-0.2, 0) is 5.41 Å². The maximum absolute atomic E-state index is 6.32. The lowest BCUT2D eigenvalue weighted by Crippen LogP contribution is -2.28. The van der Waals surface area contributed by atoms with Crippen molar-refractivity contribution in [3.63, 3.8) is 0 Å². The number of hydrogen-bond acceptors (Lipinski definition) is 8. The smallest absolute Gasteiger partial charge is 0.144 e. The van der Waals surface area contributed by atoms with E-state index < -0.39 is 5.41 Å². The van der Waals surface area contributed by atoms with Gasteiger partial charge in [0.15, 0.2) is 0 Å². The molecule has 1 aliphatic rings. The lowest BCUT2D eigenvalue weighted by Gasteiger charge is -2.34. The Kier molecular flexibility index (Phi) is 17.9. The van der Waals surface area contributed by atoms with Crippen molar-refractivity contribution in [2.24, 2.45) is 0 Å². The molecule has 0 amide bonds. The van der Waals surface area contributed by atoms with Crippen molar-refractivity contribution in [2.75, 3.05) is 0 Å². The van der Waals surface area contributed by atoms with Crippen LogP contribution in [0.5, 0.6) is 0 Å². The average Bonchev–Trinajstić information content (AvgIpc) is 1.52. The highest BCUT2D eigenvalue weighted by molar-refractivity contribution is 7.26. The Balaban J connectivity index is 0.000000108. The van der Waals surface area contributed by atoms with Crippen LogP contribution in [0.15, 0.2) is 453 Å². The first kappa shape index (κ1) is 74.8. The standard InChI is InChI=1S/C53H34N2.C34H20N2O.C34H20N2S/c1-4-15-35(16-5-1)50-44-24-11-13-26-49(44)55-52-45(50)31-27-36-29-32-48(54-51(36)52)39-18-14-17-37(33-39)38-28-30-43-42-23-10-12-25-46(42)53(47(43)34-38,40-19-6-2-7-20-40)41-21-8-3-9-22-41;2*1-2-9-21(10-3-1)31-25-12-4-6-15-28(25)36-33-27(31)19-17-22-18-20-29(35-32(22)33)26-14-8-13-24-23-11-5-7-16-30(23)37-34(24)26/h1-34H;2*1-20H. The van der Waals surface area contributed by atoms with Gasteiger partial charge < -0.3 is 4.42 Å². The Morgan fingerprint density at radius 1 is 0.209 bits per heavy atom. The van der Waals surface area contributed by atoms with E-state index in [1.54, 1.807) is 0 Å². The van der Waals surface area contributed by atoms with Gasteiger partial charge in [0.25, 0.3) is 0 Å². The van der Waals surface area contributed by atoms with E-state index in [0.717, 1.165) is 154 Å². The molecule has 0 bridgehead atoms. The number of hydrogen-bond donors (Lipinski definition) is 0. The Bertz CT molecular complexity index is 8660. The minimum atomic E-state index is -0.446. The third kappa shape index (κ3) is 12.5. The van der Waals surface area contributed by atoms with Crippen LogP contribution in [0.25, 0.3) is 230 Å². The van der Waals surface area contributed by atoms with E-state index in [9.17, 15) is 0 Å². The summed E-state index contributed by atoms with van der Waals surface area (Å²) in [4.78, 5) is 31.4. The molecule has 0 N–H and O–H groups in total. The van der Waals surface area contributed by atoms with Crippen molar-refractivity contribution >= 4 is 152 Å². The lowest BCUT2D eigenvalue weighted by atomic mass is 9.67. The van der Waals surface area contributed by atoms with Crippen molar-refractivity contribution < 1.29 is 4.42 Å². The topological polar surface area (TPSA) is 90.5 Å². The molecule has 0 fully saturated rings. The van der Waals surface area contributed by atoms with Gasteiger partial charge in [-0.15, -0.1) is 11.3 Å². The van der Waals surface area contributed by atoms with Crippen LogP contribution in [-0.4, -0.2) is 29.9 Å². The summed E-state index contributed by atoms with van der Waals surface area (Å²) in [5.74, 6) is 0. The van der Waals surface area contributed by atoms with Gasteiger partial charge in [-0.3, -0.25) is 0 Å². The van der Waals surface area contributed by atoms with Crippen LogP contribution in [0.4, 0.5) is 0 Å². The van der Waals surface area contributed by atoms with Crippen LogP contribution >= 0.6 is 11.3 Å². The van der Waals surface area contributed by atoms with E-state index in [2.05, 4.69) is 425 Å². The summed E-state index contributed by atoms with van der Waals surface area (Å²) in [6.45, 7) is 0. The fraction of sp³-hybridized carbons (Fsp3) is 0.00826. The van der Waals surface area contributed by atoms with E-state index in [1.807, 2.05) is 35.6 Å². The number of nitrogens with zero attached hydrogens (tertiary/aromatic N) is 6. The van der Waals surface area contributed by atoms with Gasteiger partial charge in [0.1, 0.15) is 11.2 Å². The van der Waals surface area contributed by atoms with Gasteiger partial charge in [-0.1, -0.05) is 382 Å². The zero-order valence-electron chi connectivity index (χ0n) is 69.7. The van der Waals surface area contributed by atoms with Crippen LogP contribution in [0.1, 0.15) is 22.3 Å². The summed E-state index contributed by atoms with van der Waals surface area (Å²) >= 11 is 1.84. The van der Waals surface area contributed by atoms with E-state index >= 15 is 0 Å². The minimum absolute atomic E-state index is 0.446. The quantitative estimate of drug-likeness (QED) is 0.105. The molecule has 0 aliphatic heterocycles. The Labute approximate surface area is 746 Å². The summed E-state index contributed by atoms with van der Waals surface area (Å²) in [6.07, 6.45) is 0. The van der Waals surface area contributed by atoms with Gasteiger partial charge in [0.2, 0.25) is 0 Å². The molecule has 7 nitrogen and oxygen atoms in total. The first-order valence-electron chi connectivity index (χ1n) is 43.8. The molecular weight excluding hydrogens is 1590 g/mol. The third-order valence-electron chi connectivity index (χ3n) is 26.0. The maximum atomic E-state index is 6.32. The number of thiophene rings is 1. The lowest BCUT2D eigenvalue weighted by molar-refractivity contribution is 0.670. The number of pyridine rings is 6. The average molecular weight is 1660 g/mol. The van der Waals surface area contributed by atoms with Gasteiger partial charge in [0, 0.05) is 113 Å². The van der Waals surface area contributed by atoms with Crippen LogP contribution in [0, 0.1) is 0 Å². The van der Waals surface area contributed by atoms with E-state index in [4.69, 9.17) is 34.3 Å². The first-order chi connectivity index (χ1) is 64.0. The summed E-state index contributed by atoms with van der Waals surface area (Å²) in [7, 11) is 0. The van der Waals surface area contributed by atoms with Crippen molar-refractivity contribution in [3.8, 4) is 89.4 Å². The second-order valence-corrected chi connectivity index (χ2v) is 34.3. The second-order valence-electron chi connectivity index (χ2n) is 33.2. The number of aromatic nitrogens is 6. The molecule has 0 saturated heterocycles. The highest BCUT2D eigenvalue weighted by Crippen LogP contribution is 2.57. The Morgan fingerprint density at radius 3 is 1.14 bits per heavy atom. The van der Waals surface area contributed by atoms with Gasteiger partial charge >= 0.3 is 0 Å². The highest BCUT2D eigenvalue weighted by Gasteiger charge is 2.46. The number of para-hydroxylation sites is 5. The zero-order valence-corrected chi connectivity index (χ0v) is 70.5. The summed E-state index contributed by atoms with van der Waals surface area (Å²) in [5.41, 5.74) is 32.9. The molecule has 26 aromatic rings. The number of rotatable bonds is 9. The van der Waals surface area contributed by atoms with E-state index in [1.165, 1.54) is 98.1 Å².